The molecule has 11 nitrogen and oxygen atoms in total. The van der Waals surface area contributed by atoms with Gasteiger partial charge in [0.2, 0.25) is 11.8 Å². The lowest BCUT2D eigenvalue weighted by atomic mass is 10.1. The lowest BCUT2D eigenvalue weighted by molar-refractivity contribution is -0.139. The molecule has 4 atom stereocenters. The van der Waals surface area contributed by atoms with E-state index in [0.29, 0.717) is 12.8 Å². The minimum Gasteiger partial charge on any atom is -0.480 e. The van der Waals surface area contributed by atoms with Crippen molar-refractivity contribution >= 4 is 35.5 Å². The maximum atomic E-state index is 12.3. The Balaban J connectivity index is 5.00. The highest BCUT2D eigenvalue weighted by Crippen LogP contribution is 2.23. The number of unbranched alkanes of at least 4 members (excludes halogenated alkanes) is 2. The summed E-state index contributed by atoms with van der Waals surface area (Å²) < 4.78 is 0. The lowest BCUT2D eigenvalue weighted by Crippen LogP contribution is -2.50. The first-order valence-electron chi connectivity index (χ1n) is 10.3. The molecular formula is C19H35N3O8S. The highest BCUT2D eigenvalue weighted by molar-refractivity contribution is 8.00. The minimum atomic E-state index is -1.25. The maximum Gasteiger partial charge on any atom is 0.322 e. The average molecular weight is 466 g/mol. The van der Waals surface area contributed by atoms with Crippen molar-refractivity contribution < 1.29 is 39.6 Å². The molecule has 0 bridgehead atoms. The summed E-state index contributed by atoms with van der Waals surface area (Å²) in [6.07, 6.45) is 2.57. The highest BCUT2D eigenvalue weighted by atomic mass is 32.2. The molecule has 0 rings (SSSR count). The van der Waals surface area contributed by atoms with E-state index in [-0.39, 0.29) is 30.5 Å². The Hall–Kier alpha value is -1.89. The highest BCUT2D eigenvalue weighted by Gasteiger charge is 2.26. The SMILES string of the molecule is CCCCC[C@@H](O)[C@H](CCO)SC[C@H](NC(=O)CC[C@H](N)C(=O)O)C(=O)NCC(=O)O. The van der Waals surface area contributed by atoms with Crippen LogP contribution in [0, 0.1) is 0 Å². The topological polar surface area (TPSA) is 199 Å². The zero-order valence-corrected chi connectivity index (χ0v) is 18.6. The van der Waals surface area contributed by atoms with Gasteiger partial charge in [-0.3, -0.25) is 19.2 Å². The second-order valence-corrected chi connectivity index (χ2v) is 8.43. The number of carboxylic acids is 2. The summed E-state index contributed by atoms with van der Waals surface area (Å²) in [5.74, 6) is -3.77. The molecule has 0 fully saturated rings. The van der Waals surface area contributed by atoms with Crippen molar-refractivity contribution in [3.8, 4) is 0 Å². The fraction of sp³-hybridized carbons (Fsp3) is 0.789. The van der Waals surface area contributed by atoms with E-state index in [4.69, 9.17) is 15.9 Å². The van der Waals surface area contributed by atoms with Gasteiger partial charge in [0.05, 0.1) is 6.10 Å². The van der Waals surface area contributed by atoms with Crippen molar-refractivity contribution in [2.45, 2.75) is 75.3 Å². The van der Waals surface area contributed by atoms with Crippen LogP contribution in [-0.4, -0.2) is 86.5 Å². The molecule has 31 heavy (non-hydrogen) atoms. The van der Waals surface area contributed by atoms with E-state index in [1.54, 1.807) is 0 Å². The smallest absolute Gasteiger partial charge is 0.322 e. The van der Waals surface area contributed by atoms with Gasteiger partial charge in [0.1, 0.15) is 18.6 Å². The molecule has 0 spiro atoms. The molecule has 0 saturated carbocycles. The standard InChI is InChI=1S/C19H35N3O8S/c1-2-3-4-5-14(24)15(8-9-23)31-11-13(18(28)21-10-17(26)27)22-16(25)7-6-12(20)19(29)30/h12-15,23-24H,2-11,20H2,1H3,(H,21,28)(H,22,25)(H,26,27)(H,29,30)/t12-,13-,14+,15-/m0/s1. The van der Waals surface area contributed by atoms with Crippen LogP contribution < -0.4 is 16.4 Å². The van der Waals surface area contributed by atoms with Crippen LogP contribution in [0.1, 0.15) is 51.9 Å². The zero-order chi connectivity index (χ0) is 23.8. The molecule has 0 aliphatic carbocycles. The largest absolute Gasteiger partial charge is 0.480 e. The Bertz CT molecular complexity index is 578. The van der Waals surface area contributed by atoms with E-state index in [1.165, 1.54) is 11.8 Å². The maximum absolute atomic E-state index is 12.3. The fourth-order valence-electron chi connectivity index (χ4n) is 2.67. The Morgan fingerprint density at radius 1 is 1.06 bits per heavy atom. The molecule has 180 valence electrons. The van der Waals surface area contributed by atoms with Crippen LogP contribution in [0.25, 0.3) is 0 Å². The molecule has 0 saturated heterocycles. The quantitative estimate of drug-likeness (QED) is 0.127. The second-order valence-electron chi connectivity index (χ2n) is 7.16. The van der Waals surface area contributed by atoms with Crippen molar-refractivity contribution in [3.05, 3.63) is 0 Å². The van der Waals surface area contributed by atoms with Crippen LogP contribution in [-0.2, 0) is 19.2 Å². The number of thioether (sulfide) groups is 1. The molecule has 0 heterocycles. The van der Waals surface area contributed by atoms with E-state index >= 15 is 0 Å². The van der Waals surface area contributed by atoms with Gasteiger partial charge in [-0.05, 0) is 19.3 Å². The van der Waals surface area contributed by atoms with Crippen molar-refractivity contribution in [1.29, 1.82) is 0 Å². The van der Waals surface area contributed by atoms with E-state index in [0.717, 1.165) is 19.3 Å². The summed E-state index contributed by atoms with van der Waals surface area (Å²) in [7, 11) is 0. The number of aliphatic hydroxyl groups excluding tert-OH is 2. The van der Waals surface area contributed by atoms with Crippen molar-refractivity contribution in [2.24, 2.45) is 5.73 Å². The first kappa shape index (κ1) is 29.1. The van der Waals surface area contributed by atoms with Gasteiger partial charge in [-0.25, -0.2) is 0 Å². The molecule has 8 N–H and O–H groups in total. The molecule has 12 heteroatoms. The monoisotopic (exact) mass is 465 g/mol. The number of carboxylic acid groups (broad SMARTS) is 2. The second kappa shape index (κ2) is 16.8. The van der Waals surface area contributed by atoms with E-state index in [2.05, 4.69) is 10.6 Å². The number of nitrogens with two attached hydrogens (primary N) is 1. The van der Waals surface area contributed by atoms with Crippen LogP contribution in [0.2, 0.25) is 0 Å². The van der Waals surface area contributed by atoms with Gasteiger partial charge in [-0.1, -0.05) is 26.2 Å². The van der Waals surface area contributed by atoms with Crippen LogP contribution in [0.5, 0.6) is 0 Å². The van der Waals surface area contributed by atoms with Gasteiger partial charge in [0.15, 0.2) is 0 Å². The first-order chi connectivity index (χ1) is 14.6. The molecular weight excluding hydrogens is 430 g/mol. The molecule has 0 radical (unpaired) electrons. The predicted octanol–water partition coefficient (Wildman–Crippen LogP) is -0.710. The van der Waals surface area contributed by atoms with E-state index in [1.807, 2.05) is 6.92 Å². The summed E-state index contributed by atoms with van der Waals surface area (Å²) >= 11 is 1.20. The molecule has 0 aromatic heterocycles. The number of amides is 2. The third-order valence-corrected chi connectivity index (χ3v) is 5.99. The number of aliphatic hydroxyl groups is 2. The molecule has 0 aliphatic heterocycles. The average Bonchev–Trinajstić information content (AvgIpc) is 2.71. The molecule has 0 aliphatic rings. The summed E-state index contributed by atoms with van der Waals surface area (Å²) in [5.41, 5.74) is 5.37. The van der Waals surface area contributed by atoms with Gasteiger partial charge in [0.25, 0.3) is 0 Å². The summed E-state index contributed by atoms with van der Waals surface area (Å²) in [4.78, 5) is 46.0. The zero-order valence-electron chi connectivity index (χ0n) is 17.8. The van der Waals surface area contributed by atoms with Crippen molar-refractivity contribution in [1.82, 2.24) is 10.6 Å². The van der Waals surface area contributed by atoms with Gasteiger partial charge in [0, 0.05) is 24.0 Å². The van der Waals surface area contributed by atoms with Gasteiger partial charge < -0.3 is 36.8 Å². The van der Waals surface area contributed by atoms with Gasteiger partial charge >= 0.3 is 11.9 Å². The summed E-state index contributed by atoms with van der Waals surface area (Å²) in [6, 6.07) is -2.31. The molecule has 2 amide bonds. The summed E-state index contributed by atoms with van der Waals surface area (Å²) in [6.45, 7) is 1.26. The number of rotatable bonds is 18. The Morgan fingerprint density at radius 3 is 2.29 bits per heavy atom. The van der Waals surface area contributed by atoms with Crippen LogP contribution in [0.4, 0.5) is 0 Å². The number of carbonyl (C=O) groups is 4. The fourth-order valence-corrected chi connectivity index (χ4v) is 3.97. The first-order valence-corrected chi connectivity index (χ1v) is 11.3. The van der Waals surface area contributed by atoms with Gasteiger partial charge in [-0.2, -0.15) is 11.8 Å². The number of aliphatic carboxylic acids is 2. The minimum absolute atomic E-state index is 0.0394. The summed E-state index contributed by atoms with van der Waals surface area (Å²) in [5, 5.41) is 41.5. The Kier molecular flexibility index (Phi) is 15.7. The van der Waals surface area contributed by atoms with Crippen molar-refractivity contribution in [2.75, 3.05) is 18.9 Å². The Labute approximate surface area is 186 Å². The van der Waals surface area contributed by atoms with Gasteiger partial charge in [-0.15, -0.1) is 0 Å². The van der Waals surface area contributed by atoms with Crippen LogP contribution in [0.15, 0.2) is 0 Å². The van der Waals surface area contributed by atoms with E-state index < -0.39 is 48.5 Å². The Morgan fingerprint density at radius 2 is 1.74 bits per heavy atom. The number of hydrogen-bond acceptors (Lipinski definition) is 8. The van der Waals surface area contributed by atoms with Crippen LogP contribution >= 0.6 is 11.8 Å². The van der Waals surface area contributed by atoms with Crippen LogP contribution in [0.3, 0.4) is 0 Å². The number of hydrogen-bond donors (Lipinski definition) is 7. The number of nitrogens with one attached hydrogen (secondary N) is 2. The van der Waals surface area contributed by atoms with Crippen molar-refractivity contribution in [3.63, 3.8) is 0 Å². The normalized spacial score (nSPS) is 14.8. The number of carbonyl (C=O) groups excluding carboxylic acids is 2. The molecule has 0 unspecified atom stereocenters. The van der Waals surface area contributed by atoms with E-state index in [9.17, 15) is 29.4 Å². The predicted molar refractivity (Wildman–Crippen MR) is 116 cm³/mol. The lowest BCUT2D eigenvalue weighted by Gasteiger charge is -2.25. The molecule has 0 aromatic rings. The third-order valence-electron chi connectivity index (χ3n) is 4.49. The third kappa shape index (κ3) is 13.9. The molecule has 0 aromatic carbocycles.